The lowest BCUT2D eigenvalue weighted by molar-refractivity contribution is -0.119. The molecule has 1 aromatic heterocycles. The Morgan fingerprint density at radius 2 is 1.96 bits per heavy atom. The van der Waals surface area contributed by atoms with Gasteiger partial charge in [-0.2, -0.15) is 0 Å². The van der Waals surface area contributed by atoms with Crippen molar-refractivity contribution >= 4 is 29.3 Å². The van der Waals surface area contributed by atoms with Crippen molar-refractivity contribution in [3.63, 3.8) is 0 Å². The zero-order valence-corrected chi connectivity index (χ0v) is 14.7. The number of halogens is 1. The van der Waals surface area contributed by atoms with Crippen molar-refractivity contribution in [2.75, 3.05) is 11.6 Å². The van der Waals surface area contributed by atoms with E-state index in [1.54, 1.807) is 12.1 Å². The Balaban J connectivity index is 2.00. The summed E-state index contributed by atoms with van der Waals surface area (Å²) in [4.78, 5) is 11.9. The SMILES string of the molecule is CCC(CC)NC(=O)CSc1nnc(-c2ccc(Cl)cc2)n1N. The Hall–Kier alpha value is -1.73. The van der Waals surface area contributed by atoms with Gasteiger partial charge in [-0.1, -0.05) is 37.2 Å². The van der Waals surface area contributed by atoms with Crippen LogP contribution in [0.2, 0.25) is 5.02 Å². The number of thioether (sulfide) groups is 1. The van der Waals surface area contributed by atoms with Gasteiger partial charge in [0.05, 0.1) is 5.75 Å². The summed E-state index contributed by atoms with van der Waals surface area (Å²) < 4.78 is 1.39. The molecule has 124 valence electrons. The van der Waals surface area contributed by atoms with Gasteiger partial charge in [0.25, 0.3) is 0 Å². The molecule has 0 spiro atoms. The quantitative estimate of drug-likeness (QED) is 0.590. The Morgan fingerprint density at radius 1 is 1.30 bits per heavy atom. The van der Waals surface area contributed by atoms with Gasteiger partial charge < -0.3 is 11.2 Å². The topological polar surface area (TPSA) is 85.8 Å². The van der Waals surface area contributed by atoms with Gasteiger partial charge in [-0.15, -0.1) is 10.2 Å². The zero-order valence-electron chi connectivity index (χ0n) is 13.1. The van der Waals surface area contributed by atoms with E-state index in [-0.39, 0.29) is 17.7 Å². The summed E-state index contributed by atoms with van der Waals surface area (Å²) in [7, 11) is 0. The fourth-order valence-electron chi connectivity index (χ4n) is 2.06. The van der Waals surface area contributed by atoms with Crippen LogP contribution in [0.5, 0.6) is 0 Å². The maximum Gasteiger partial charge on any atom is 0.230 e. The maximum atomic E-state index is 11.9. The van der Waals surface area contributed by atoms with Gasteiger partial charge in [0, 0.05) is 16.6 Å². The Kier molecular flexibility index (Phi) is 6.29. The summed E-state index contributed by atoms with van der Waals surface area (Å²) in [5.74, 6) is 6.78. The van der Waals surface area contributed by atoms with Crippen LogP contribution in [-0.4, -0.2) is 32.6 Å². The number of carbonyl (C=O) groups is 1. The van der Waals surface area contributed by atoms with Crippen LogP contribution in [-0.2, 0) is 4.79 Å². The largest absolute Gasteiger partial charge is 0.353 e. The summed E-state index contributed by atoms with van der Waals surface area (Å²) >= 11 is 7.13. The number of amides is 1. The van der Waals surface area contributed by atoms with E-state index in [0.717, 1.165) is 18.4 Å². The molecule has 0 saturated carbocycles. The van der Waals surface area contributed by atoms with E-state index in [1.807, 2.05) is 12.1 Å². The average Bonchev–Trinajstić information content (AvgIpc) is 2.92. The van der Waals surface area contributed by atoms with E-state index in [1.165, 1.54) is 16.4 Å². The second-order valence-electron chi connectivity index (χ2n) is 5.05. The van der Waals surface area contributed by atoms with Crippen molar-refractivity contribution in [3.05, 3.63) is 29.3 Å². The molecule has 2 rings (SSSR count). The molecule has 0 unspecified atom stereocenters. The summed E-state index contributed by atoms with van der Waals surface area (Å²) in [6, 6.07) is 7.39. The number of hydrogen-bond donors (Lipinski definition) is 2. The fourth-order valence-corrected chi connectivity index (χ4v) is 2.86. The number of aromatic nitrogens is 3. The highest BCUT2D eigenvalue weighted by Crippen LogP contribution is 2.22. The van der Waals surface area contributed by atoms with E-state index in [2.05, 4.69) is 29.4 Å². The molecule has 1 heterocycles. The van der Waals surface area contributed by atoms with Crippen LogP contribution in [0.25, 0.3) is 11.4 Å². The van der Waals surface area contributed by atoms with Gasteiger partial charge in [-0.05, 0) is 37.1 Å². The van der Waals surface area contributed by atoms with Crippen LogP contribution in [0.3, 0.4) is 0 Å². The summed E-state index contributed by atoms with van der Waals surface area (Å²) in [5.41, 5.74) is 0.817. The molecule has 0 fully saturated rings. The van der Waals surface area contributed by atoms with Crippen molar-refractivity contribution in [1.29, 1.82) is 0 Å². The Labute approximate surface area is 144 Å². The highest BCUT2D eigenvalue weighted by molar-refractivity contribution is 7.99. The number of benzene rings is 1. The lowest BCUT2D eigenvalue weighted by Gasteiger charge is -2.14. The first-order valence-electron chi connectivity index (χ1n) is 7.43. The monoisotopic (exact) mass is 353 g/mol. The van der Waals surface area contributed by atoms with Gasteiger partial charge in [-0.25, -0.2) is 4.68 Å². The van der Waals surface area contributed by atoms with Crippen LogP contribution in [0, 0.1) is 0 Å². The van der Waals surface area contributed by atoms with Crippen LogP contribution >= 0.6 is 23.4 Å². The molecule has 3 N–H and O–H groups in total. The third-order valence-electron chi connectivity index (χ3n) is 3.45. The van der Waals surface area contributed by atoms with Crippen LogP contribution < -0.4 is 11.2 Å². The second-order valence-corrected chi connectivity index (χ2v) is 6.43. The van der Waals surface area contributed by atoms with E-state index >= 15 is 0 Å². The van der Waals surface area contributed by atoms with Gasteiger partial charge in [0.15, 0.2) is 5.82 Å². The van der Waals surface area contributed by atoms with Gasteiger partial charge >= 0.3 is 0 Å². The van der Waals surface area contributed by atoms with E-state index in [4.69, 9.17) is 17.4 Å². The lowest BCUT2D eigenvalue weighted by Crippen LogP contribution is -2.35. The second kappa shape index (κ2) is 8.21. The Bertz CT molecular complexity index is 654. The van der Waals surface area contributed by atoms with Crippen molar-refractivity contribution in [2.45, 2.75) is 37.9 Å². The first-order chi connectivity index (χ1) is 11.0. The minimum atomic E-state index is -0.0280. The van der Waals surface area contributed by atoms with Gasteiger partial charge in [-0.3, -0.25) is 4.79 Å². The molecule has 0 saturated heterocycles. The predicted molar refractivity (Wildman–Crippen MR) is 93.9 cm³/mol. The molecular formula is C15H20ClN5OS. The number of carbonyl (C=O) groups excluding carboxylic acids is 1. The molecule has 6 nitrogen and oxygen atoms in total. The molecule has 1 amide bonds. The predicted octanol–water partition coefficient (Wildman–Crippen LogP) is 2.71. The molecule has 0 atom stereocenters. The molecule has 2 aromatic rings. The van der Waals surface area contributed by atoms with E-state index in [0.29, 0.717) is 16.0 Å². The van der Waals surface area contributed by atoms with Crippen molar-refractivity contribution in [2.24, 2.45) is 0 Å². The average molecular weight is 354 g/mol. The minimum Gasteiger partial charge on any atom is -0.353 e. The summed E-state index contributed by atoms with van der Waals surface area (Å²) in [6.07, 6.45) is 1.83. The summed E-state index contributed by atoms with van der Waals surface area (Å²) in [5, 5.41) is 12.2. The smallest absolute Gasteiger partial charge is 0.230 e. The number of nitrogen functional groups attached to an aromatic ring is 1. The number of nitrogens with zero attached hydrogens (tertiary/aromatic N) is 3. The number of nitrogens with two attached hydrogens (primary N) is 1. The van der Waals surface area contributed by atoms with Gasteiger partial charge in [0.2, 0.25) is 11.1 Å². The van der Waals surface area contributed by atoms with Gasteiger partial charge in [0.1, 0.15) is 0 Å². The standard InChI is InChI=1S/C15H20ClN5OS/c1-3-12(4-2)18-13(22)9-23-15-20-19-14(21(15)17)10-5-7-11(16)8-6-10/h5-8,12H,3-4,9,17H2,1-2H3,(H,18,22). The van der Waals surface area contributed by atoms with Crippen molar-refractivity contribution < 1.29 is 4.79 Å². The molecule has 0 aliphatic carbocycles. The number of nitrogens with one attached hydrogen (secondary N) is 1. The van der Waals surface area contributed by atoms with E-state index in [9.17, 15) is 4.79 Å². The maximum absolute atomic E-state index is 11.9. The molecule has 0 aliphatic rings. The minimum absolute atomic E-state index is 0.0280. The lowest BCUT2D eigenvalue weighted by atomic mass is 10.2. The van der Waals surface area contributed by atoms with E-state index < -0.39 is 0 Å². The highest BCUT2D eigenvalue weighted by Gasteiger charge is 2.14. The molecule has 0 bridgehead atoms. The number of hydrogen-bond acceptors (Lipinski definition) is 5. The highest BCUT2D eigenvalue weighted by atomic mass is 35.5. The normalized spacial score (nSPS) is 11.0. The zero-order chi connectivity index (χ0) is 16.8. The third-order valence-corrected chi connectivity index (χ3v) is 4.65. The number of rotatable bonds is 7. The first-order valence-corrected chi connectivity index (χ1v) is 8.80. The molecule has 0 radical (unpaired) electrons. The first kappa shape index (κ1) is 17.6. The van der Waals surface area contributed by atoms with Crippen LogP contribution in [0.1, 0.15) is 26.7 Å². The fraction of sp³-hybridized carbons (Fsp3) is 0.400. The molecule has 0 aliphatic heterocycles. The molecule has 8 heteroatoms. The molecule has 1 aromatic carbocycles. The Morgan fingerprint density at radius 3 is 2.57 bits per heavy atom. The van der Waals surface area contributed by atoms with Crippen molar-refractivity contribution in [1.82, 2.24) is 20.2 Å². The molecule has 23 heavy (non-hydrogen) atoms. The third kappa shape index (κ3) is 4.62. The van der Waals surface area contributed by atoms with Crippen LogP contribution in [0.15, 0.2) is 29.4 Å². The van der Waals surface area contributed by atoms with Crippen molar-refractivity contribution in [3.8, 4) is 11.4 Å². The van der Waals surface area contributed by atoms with Crippen LogP contribution in [0.4, 0.5) is 0 Å². The molecular weight excluding hydrogens is 334 g/mol. The summed E-state index contributed by atoms with van der Waals surface area (Å²) in [6.45, 7) is 4.10.